The number of hydrogen-bond acceptors (Lipinski definition) is 7. The van der Waals surface area contributed by atoms with E-state index in [4.69, 9.17) is 20.1 Å². The lowest BCUT2D eigenvalue weighted by molar-refractivity contribution is 0.0827. The molecule has 0 amide bonds. The molecule has 0 radical (unpaired) electrons. The Bertz CT molecular complexity index is 336. The van der Waals surface area contributed by atoms with Gasteiger partial charge >= 0.3 is 0 Å². The summed E-state index contributed by atoms with van der Waals surface area (Å²) < 4.78 is 5.18. The van der Waals surface area contributed by atoms with Crippen LogP contribution in [0.1, 0.15) is 6.92 Å². The number of ether oxygens (including phenoxy) is 1. The van der Waals surface area contributed by atoms with E-state index in [0.717, 1.165) is 0 Å². The molecule has 7 heteroatoms. The Morgan fingerprint density at radius 2 is 1.94 bits per heavy atom. The summed E-state index contributed by atoms with van der Waals surface area (Å²) in [5, 5.41) is 30.1. The maximum Gasteiger partial charge on any atom is 0.226 e. The van der Waals surface area contributed by atoms with Gasteiger partial charge < -0.3 is 25.4 Å². The molecule has 17 heavy (non-hydrogen) atoms. The van der Waals surface area contributed by atoms with Gasteiger partial charge in [0.05, 0.1) is 26.4 Å². The number of aliphatic hydroxyl groups is 3. The fraction of sp³-hybridized carbons (Fsp3) is 0.600. The molecule has 0 fully saturated rings. The Kier molecular flexibility index (Phi) is 5.08. The van der Waals surface area contributed by atoms with Gasteiger partial charge in [-0.05, 0) is 6.92 Å². The van der Waals surface area contributed by atoms with Crippen molar-refractivity contribution in [2.45, 2.75) is 12.5 Å². The molecule has 0 aliphatic carbocycles. The van der Waals surface area contributed by atoms with E-state index >= 15 is 0 Å². The highest BCUT2D eigenvalue weighted by atomic mass is 16.5. The molecule has 0 aliphatic heterocycles. The Morgan fingerprint density at radius 1 is 1.29 bits per heavy atom. The molecule has 1 aromatic heterocycles. The van der Waals surface area contributed by atoms with Crippen LogP contribution < -0.4 is 10.1 Å². The highest BCUT2D eigenvalue weighted by Crippen LogP contribution is 2.13. The second-order valence-corrected chi connectivity index (χ2v) is 3.53. The van der Waals surface area contributed by atoms with E-state index < -0.39 is 25.4 Å². The SMILES string of the molecule is CCOc1ccnc(NC(CO)(CO)CO)n1. The molecule has 1 rings (SSSR count). The second kappa shape index (κ2) is 6.33. The fourth-order valence-electron chi connectivity index (χ4n) is 1.14. The highest BCUT2D eigenvalue weighted by Gasteiger charge is 2.28. The van der Waals surface area contributed by atoms with Gasteiger partial charge in [0.25, 0.3) is 0 Å². The van der Waals surface area contributed by atoms with Gasteiger partial charge in [-0.25, -0.2) is 4.98 Å². The quantitative estimate of drug-likeness (QED) is 0.486. The average molecular weight is 243 g/mol. The molecule has 0 unspecified atom stereocenters. The summed E-state index contributed by atoms with van der Waals surface area (Å²) >= 11 is 0. The van der Waals surface area contributed by atoms with Crippen LogP contribution in [0.25, 0.3) is 0 Å². The molecule has 0 saturated heterocycles. The summed E-state index contributed by atoms with van der Waals surface area (Å²) in [6.45, 7) is 0.975. The predicted molar refractivity (Wildman–Crippen MR) is 60.8 cm³/mol. The molecule has 4 N–H and O–H groups in total. The van der Waals surface area contributed by atoms with Crippen molar-refractivity contribution in [2.75, 3.05) is 31.7 Å². The van der Waals surface area contributed by atoms with E-state index in [-0.39, 0.29) is 5.95 Å². The van der Waals surface area contributed by atoms with Gasteiger partial charge in [0.2, 0.25) is 11.8 Å². The van der Waals surface area contributed by atoms with Crippen LogP contribution >= 0.6 is 0 Å². The van der Waals surface area contributed by atoms with Crippen molar-refractivity contribution < 1.29 is 20.1 Å². The number of hydrogen-bond donors (Lipinski definition) is 4. The lowest BCUT2D eigenvalue weighted by atomic mass is 10.0. The molecular weight excluding hydrogens is 226 g/mol. The fourth-order valence-corrected chi connectivity index (χ4v) is 1.14. The standard InChI is InChI=1S/C10H17N3O4/c1-2-17-8-3-4-11-9(12-8)13-10(5-14,6-15)7-16/h3-4,14-16H,2,5-7H2,1H3,(H,11,12,13). The van der Waals surface area contributed by atoms with Crippen LogP contribution in [0, 0.1) is 0 Å². The minimum Gasteiger partial charge on any atom is -0.478 e. The molecule has 1 aromatic rings. The molecule has 0 spiro atoms. The maximum atomic E-state index is 9.14. The molecule has 96 valence electrons. The summed E-state index contributed by atoms with van der Waals surface area (Å²) in [7, 11) is 0. The molecule has 0 bridgehead atoms. The summed E-state index contributed by atoms with van der Waals surface area (Å²) in [6.07, 6.45) is 1.48. The van der Waals surface area contributed by atoms with Crippen LogP contribution in [0.15, 0.2) is 12.3 Å². The molecule has 1 heterocycles. The predicted octanol–water partition coefficient (Wildman–Crippen LogP) is -0.997. The largest absolute Gasteiger partial charge is 0.478 e. The number of aromatic nitrogens is 2. The topological polar surface area (TPSA) is 108 Å². The molecule has 7 nitrogen and oxygen atoms in total. The van der Waals surface area contributed by atoms with Crippen LogP contribution in [-0.4, -0.2) is 57.3 Å². The van der Waals surface area contributed by atoms with E-state index in [9.17, 15) is 0 Å². The summed E-state index contributed by atoms with van der Waals surface area (Å²) in [4.78, 5) is 7.93. The van der Waals surface area contributed by atoms with Gasteiger partial charge in [-0.15, -0.1) is 0 Å². The van der Waals surface area contributed by atoms with Crippen molar-refractivity contribution in [1.29, 1.82) is 0 Å². The zero-order valence-electron chi connectivity index (χ0n) is 9.63. The van der Waals surface area contributed by atoms with Crippen LogP contribution in [0.4, 0.5) is 5.95 Å². The van der Waals surface area contributed by atoms with E-state index in [1.54, 1.807) is 6.07 Å². The zero-order valence-corrected chi connectivity index (χ0v) is 9.63. The average Bonchev–Trinajstić information content (AvgIpc) is 2.37. The van der Waals surface area contributed by atoms with Crippen molar-refractivity contribution in [1.82, 2.24) is 9.97 Å². The third-order valence-electron chi connectivity index (χ3n) is 2.21. The van der Waals surface area contributed by atoms with Crippen molar-refractivity contribution in [2.24, 2.45) is 0 Å². The minimum atomic E-state index is -1.25. The van der Waals surface area contributed by atoms with Gasteiger partial charge in [0, 0.05) is 12.3 Å². The van der Waals surface area contributed by atoms with Crippen LogP contribution in [-0.2, 0) is 0 Å². The minimum absolute atomic E-state index is 0.174. The van der Waals surface area contributed by atoms with Crippen molar-refractivity contribution in [3.8, 4) is 5.88 Å². The lowest BCUT2D eigenvalue weighted by Crippen LogP contribution is -2.49. The second-order valence-electron chi connectivity index (χ2n) is 3.53. The zero-order chi connectivity index (χ0) is 12.7. The van der Waals surface area contributed by atoms with Gasteiger partial charge in [0.15, 0.2) is 0 Å². The molecule has 0 atom stereocenters. The number of aliphatic hydroxyl groups excluding tert-OH is 3. The summed E-state index contributed by atoms with van der Waals surface area (Å²) in [5.41, 5.74) is -1.25. The Labute approximate surface area is 99.1 Å². The van der Waals surface area contributed by atoms with E-state index in [0.29, 0.717) is 12.5 Å². The monoisotopic (exact) mass is 243 g/mol. The number of nitrogens with one attached hydrogen (secondary N) is 1. The first kappa shape index (κ1) is 13.6. The number of nitrogens with zero attached hydrogens (tertiary/aromatic N) is 2. The third-order valence-corrected chi connectivity index (χ3v) is 2.21. The van der Waals surface area contributed by atoms with Crippen LogP contribution in [0.3, 0.4) is 0 Å². The van der Waals surface area contributed by atoms with Crippen molar-refractivity contribution in [3.05, 3.63) is 12.3 Å². The summed E-state index contributed by atoms with van der Waals surface area (Å²) in [6, 6.07) is 1.59. The van der Waals surface area contributed by atoms with Crippen LogP contribution in [0.2, 0.25) is 0 Å². The Balaban J connectivity index is 2.82. The van der Waals surface area contributed by atoms with Gasteiger partial charge in [-0.3, -0.25) is 0 Å². The Hall–Kier alpha value is -1.44. The molecule has 0 aliphatic rings. The molecule has 0 saturated carbocycles. The first-order valence-corrected chi connectivity index (χ1v) is 5.26. The van der Waals surface area contributed by atoms with E-state index in [2.05, 4.69) is 15.3 Å². The van der Waals surface area contributed by atoms with Gasteiger partial charge in [-0.1, -0.05) is 0 Å². The normalized spacial score (nSPS) is 11.3. The van der Waals surface area contributed by atoms with E-state index in [1.165, 1.54) is 6.20 Å². The van der Waals surface area contributed by atoms with Gasteiger partial charge in [-0.2, -0.15) is 4.98 Å². The lowest BCUT2D eigenvalue weighted by Gasteiger charge is -2.28. The smallest absolute Gasteiger partial charge is 0.226 e. The molecule has 0 aromatic carbocycles. The van der Waals surface area contributed by atoms with Crippen molar-refractivity contribution >= 4 is 5.95 Å². The maximum absolute atomic E-state index is 9.14. The first-order valence-electron chi connectivity index (χ1n) is 5.26. The van der Waals surface area contributed by atoms with Gasteiger partial charge in [0.1, 0.15) is 5.54 Å². The van der Waals surface area contributed by atoms with Crippen molar-refractivity contribution in [3.63, 3.8) is 0 Å². The summed E-state index contributed by atoms with van der Waals surface area (Å²) in [5.74, 6) is 0.556. The number of anilines is 1. The first-order chi connectivity index (χ1) is 8.19. The third kappa shape index (κ3) is 3.52. The van der Waals surface area contributed by atoms with E-state index in [1.807, 2.05) is 6.92 Å². The number of rotatable bonds is 7. The highest BCUT2D eigenvalue weighted by molar-refractivity contribution is 5.32. The molecular formula is C10H17N3O4. The Morgan fingerprint density at radius 3 is 2.47 bits per heavy atom. The van der Waals surface area contributed by atoms with Crippen LogP contribution in [0.5, 0.6) is 5.88 Å².